The molecule has 2 aliphatic rings. The van der Waals surface area contributed by atoms with E-state index in [1.54, 1.807) is 24.3 Å². The first kappa shape index (κ1) is 24.5. The van der Waals surface area contributed by atoms with Gasteiger partial charge in [0.05, 0.1) is 6.61 Å². The zero-order valence-corrected chi connectivity index (χ0v) is 17.5. The van der Waals surface area contributed by atoms with Crippen LogP contribution in [0.4, 0.5) is 26.3 Å². The van der Waals surface area contributed by atoms with Crippen LogP contribution < -0.4 is 9.47 Å². The molecule has 2 aliphatic carbocycles. The lowest BCUT2D eigenvalue weighted by Gasteiger charge is -2.13. The Balaban J connectivity index is 0.000000181. The van der Waals surface area contributed by atoms with Gasteiger partial charge in [-0.2, -0.15) is 0 Å². The van der Waals surface area contributed by atoms with Crippen LogP contribution in [0.5, 0.6) is 11.5 Å². The monoisotopic (exact) mass is 482 g/mol. The normalized spacial score (nSPS) is 16.2. The van der Waals surface area contributed by atoms with Crippen molar-refractivity contribution in [1.29, 1.82) is 0 Å². The highest BCUT2D eigenvalue weighted by molar-refractivity contribution is 6.17. The number of ether oxygens (including phenoxy) is 2. The largest absolute Gasteiger partial charge is 0.573 e. The minimum Gasteiger partial charge on any atom is -0.405 e. The minimum absolute atomic E-state index is 0.104. The predicted octanol–water partition coefficient (Wildman–Crippen LogP) is 7.16. The molecule has 0 atom stereocenters. The van der Waals surface area contributed by atoms with Gasteiger partial charge in [-0.05, 0) is 71.9 Å². The fraction of sp³-hybridized carbons (Fsp3) is 0.455. The third kappa shape index (κ3) is 7.48. The molecule has 176 valence electrons. The van der Waals surface area contributed by atoms with Crippen molar-refractivity contribution in [2.75, 3.05) is 0 Å². The maximum atomic E-state index is 12.2. The van der Waals surface area contributed by atoms with E-state index in [4.69, 9.17) is 16.7 Å². The number of alkyl halides is 7. The van der Waals surface area contributed by atoms with Gasteiger partial charge in [-0.25, -0.2) is 0 Å². The quantitative estimate of drug-likeness (QED) is 0.351. The molecule has 0 aromatic heterocycles. The predicted molar refractivity (Wildman–Crippen MR) is 106 cm³/mol. The Labute approximate surface area is 185 Å². The first-order valence-corrected chi connectivity index (χ1v) is 10.5. The van der Waals surface area contributed by atoms with Crippen LogP contribution in [0.3, 0.4) is 0 Å². The van der Waals surface area contributed by atoms with Crippen molar-refractivity contribution >= 4 is 11.6 Å². The first-order chi connectivity index (χ1) is 15.0. The van der Waals surface area contributed by atoms with Crippen molar-refractivity contribution in [2.45, 2.75) is 62.7 Å². The van der Waals surface area contributed by atoms with E-state index >= 15 is 0 Å². The summed E-state index contributed by atoms with van der Waals surface area (Å²) in [6.45, 7) is -0.292. The number of halogens is 7. The Kier molecular flexibility index (Phi) is 7.50. The Morgan fingerprint density at radius 2 is 1.16 bits per heavy atom. The van der Waals surface area contributed by atoms with Gasteiger partial charge in [0.1, 0.15) is 11.5 Å². The van der Waals surface area contributed by atoms with Crippen molar-refractivity contribution in [3.05, 3.63) is 58.7 Å². The standard InChI is InChI=1S/C11H10ClF3O.C11H11F3O2/c12-6-7-1-4-9(8-2-3-8)10(5-7)16-11(13,14)15;12-11(13,14)16-10-5-7(6-15)1-4-9(10)8-2-3-8/h1,4-5,8H,2-3,6H2;1,4-5,8,15H,2-3,6H2. The van der Waals surface area contributed by atoms with Crippen molar-refractivity contribution in [3.63, 3.8) is 0 Å². The number of hydrogen-bond acceptors (Lipinski definition) is 3. The lowest BCUT2D eigenvalue weighted by Crippen LogP contribution is -2.18. The molecular formula is C22H21ClF6O3. The summed E-state index contributed by atoms with van der Waals surface area (Å²) in [6, 6.07) is 9.26. The average molecular weight is 483 g/mol. The van der Waals surface area contributed by atoms with Gasteiger partial charge in [0.15, 0.2) is 0 Å². The second kappa shape index (κ2) is 9.79. The SMILES string of the molecule is FC(F)(F)Oc1cc(CCl)ccc1C1CC1.OCc1ccc(C2CC2)c(OC(F)(F)F)c1. The molecule has 2 aromatic rings. The van der Waals surface area contributed by atoms with Gasteiger partial charge in [0.2, 0.25) is 0 Å². The molecule has 3 nitrogen and oxygen atoms in total. The van der Waals surface area contributed by atoms with Crippen LogP contribution in [0.15, 0.2) is 36.4 Å². The van der Waals surface area contributed by atoms with Gasteiger partial charge < -0.3 is 14.6 Å². The van der Waals surface area contributed by atoms with E-state index < -0.39 is 12.7 Å². The van der Waals surface area contributed by atoms with Gasteiger partial charge >= 0.3 is 12.7 Å². The van der Waals surface area contributed by atoms with Crippen LogP contribution in [0, 0.1) is 0 Å². The molecule has 2 fully saturated rings. The number of hydrogen-bond donors (Lipinski definition) is 1. The molecule has 0 saturated heterocycles. The average Bonchev–Trinajstić information content (AvgIpc) is 3.59. The maximum absolute atomic E-state index is 12.2. The van der Waals surface area contributed by atoms with Crippen LogP contribution >= 0.6 is 11.6 Å². The third-order valence-corrected chi connectivity index (χ3v) is 5.29. The zero-order valence-electron chi connectivity index (χ0n) is 16.8. The van der Waals surface area contributed by atoms with Crippen LogP contribution in [-0.4, -0.2) is 17.8 Å². The van der Waals surface area contributed by atoms with E-state index in [0.29, 0.717) is 22.3 Å². The molecule has 0 heterocycles. The molecule has 1 N–H and O–H groups in total. The molecule has 0 bridgehead atoms. The van der Waals surface area contributed by atoms with Crippen molar-refractivity contribution < 1.29 is 40.9 Å². The topological polar surface area (TPSA) is 38.7 Å². The fourth-order valence-corrected chi connectivity index (χ4v) is 3.39. The highest BCUT2D eigenvalue weighted by atomic mass is 35.5. The Morgan fingerprint density at radius 3 is 1.50 bits per heavy atom. The molecule has 2 aromatic carbocycles. The Hall–Kier alpha value is -2.13. The van der Waals surface area contributed by atoms with Crippen molar-refractivity contribution in [2.24, 2.45) is 0 Å². The summed E-state index contributed by atoms with van der Waals surface area (Å²) in [5.74, 6) is 0.278. The molecule has 2 saturated carbocycles. The van der Waals surface area contributed by atoms with Crippen LogP contribution in [0.25, 0.3) is 0 Å². The summed E-state index contributed by atoms with van der Waals surface area (Å²) in [5, 5.41) is 8.87. The Bertz CT molecular complexity index is 845. The van der Waals surface area contributed by atoms with E-state index in [1.807, 2.05) is 0 Å². The Morgan fingerprint density at radius 1 is 0.750 bits per heavy atom. The maximum Gasteiger partial charge on any atom is 0.573 e. The summed E-state index contributed by atoms with van der Waals surface area (Å²) in [6.07, 6.45) is -5.69. The molecule has 10 heteroatoms. The molecule has 0 unspecified atom stereocenters. The summed E-state index contributed by atoms with van der Waals surface area (Å²) < 4.78 is 81.0. The van der Waals surface area contributed by atoms with Crippen molar-refractivity contribution in [1.82, 2.24) is 0 Å². The first-order valence-electron chi connectivity index (χ1n) is 9.93. The third-order valence-electron chi connectivity index (χ3n) is 4.98. The fourth-order valence-electron chi connectivity index (χ4n) is 3.23. The summed E-state index contributed by atoms with van der Waals surface area (Å²) >= 11 is 5.58. The molecule has 4 rings (SSSR count). The second-order valence-corrected chi connectivity index (χ2v) is 7.95. The summed E-state index contributed by atoms with van der Waals surface area (Å²) in [5.41, 5.74) is 2.26. The molecular weight excluding hydrogens is 462 g/mol. The molecule has 0 amide bonds. The van der Waals surface area contributed by atoms with E-state index in [0.717, 1.165) is 25.7 Å². The van der Waals surface area contributed by atoms with Crippen LogP contribution in [-0.2, 0) is 12.5 Å². The number of rotatable bonds is 6. The number of aliphatic hydroxyl groups is 1. The highest BCUT2D eigenvalue weighted by Crippen LogP contribution is 2.46. The van der Waals surface area contributed by atoms with Crippen molar-refractivity contribution in [3.8, 4) is 11.5 Å². The lowest BCUT2D eigenvalue weighted by molar-refractivity contribution is -0.276. The molecule has 0 spiro atoms. The number of aliphatic hydroxyl groups excluding tert-OH is 1. The second-order valence-electron chi connectivity index (χ2n) is 7.68. The molecule has 0 aliphatic heterocycles. The van der Waals surface area contributed by atoms with Gasteiger partial charge in [0, 0.05) is 5.88 Å². The zero-order chi connectivity index (χ0) is 23.5. The minimum atomic E-state index is -4.68. The van der Waals surface area contributed by atoms with Gasteiger partial charge in [-0.15, -0.1) is 37.9 Å². The van der Waals surface area contributed by atoms with Crippen LogP contribution in [0.2, 0.25) is 0 Å². The molecule has 32 heavy (non-hydrogen) atoms. The highest BCUT2D eigenvalue weighted by Gasteiger charge is 2.36. The summed E-state index contributed by atoms with van der Waals surface area (Å²) in [7, 11) is 0. The van der Waals surface area contributed by atoms with E-state index in [-0.39, 0.29) is 35.8 Å². The van der Waals surface area contributed by atoms with Gasteiger partial charge in [-0.3, -0.25) is 0 Å². The van der Waals surface area contributed by atoms with E-state index in [1.165, 1.54) is 12.1 Å². The summed E-state index contributed by atoms with van der Waals surface area (Å²) in [4.78, 5) is 0. The van der Waals surface area contributed by atoms with Crippen LogP contribution in [0.1, 0.15) is 59.8 Å². The van der Waals surface area contributed by atoms with E-state index in [9.17, 15) is 26.3 Å². The smallest absolute Gasteiger partial charge is 0.405 e. The van der Waals surface area contributed by atoms with Gasteiger partial charge in [-0.1, -0.05) is 24.3 Å². The molecule has 0 radical (unpaired) electrons. The van der Waals surface area contributed by atoms with Gasteiger partial charge in [0.25, 0.3) is 0 Å². The lowest BCUT2D eigenvalue weighted by atomic mass is 10.1. The van der Waals surface area contributed by atoms with E-state index in [2.05, 4.69) is 9.47 Å². The number of benzene rings is 2.